The van der Waals surface area contributed by atoms with E-state index in [9.17, 15) is 15.2 Å². The van der Waals surface area contributed by atoms with Crippen LogP contribution >= 0.6 is 0 Å². The van der Waals surface area contributed by atoms with Crippen molar-refractivity contribution in [3.63, 3.8) is 0 Å². The van der Waals surface area contributed by atoms with Gasteiger partial charge in [0.15, 0.2) is 5.79 Å². The molecule has 0 radical (unpaired) electrons. The van der Waals surface area contributed by atoms with Gasteiger partial charge in [0.25, 0.3) is 5.69 Å². The van der Waals surface area contributed by atoms with Crippen LogP contribution in [0.15, 0.2) is 36.4 Å². The minimum Gasteiger partial charge on any atom is -0.362 e. The Balaban J connectivity index is 2.48. The van der Waals surface area contributed by atoms with E-state index < -0.39 is 10.7 Å². The Bertz CT molecular complexity index is 678. The van der Waals surface area contributed by atoms with Crippen LogP contribution < -0.4 is 0 Å². The van der Waals surface area contributed by atoms with Crippen LogP contribution in [0.5, 0.6) is 0 Å². The number of nitro benzene ring substituents is 1. The van der Waals surface area contributed by atoms with Crippen molar-refractivity contribution >= 4 is 16.5 Å². The molecule has 118 valence electrons. The highest BCUT2D eigenvalue weighted by Crippen LogP contribution is 2.35. The summed E-state index contributed by atoms with van der Waals surface area (Å²) in [6, 6.07) is 10.0. The Morgan fingerprint density at radius 1 is 1.27 bits per heavy atom. The zero-order chi connectivity index (χ0) is 16.3. The Hall–Kier alpha value is -2.02. The van der Waals surface area contributed by atoms with Gasteiger partial charge < -0.3 is 14.7 Å². The third-order valence-corrected chi connectivity index (χ3v) is 3.50. The van der Waals surface area contributed by atoms with Crippen molar-refractivity contribution in [3.05, 3.63) is 52.1 Å². The lowest BCUT2D eigenvalue weighted by Crippen LogP contribution is -2.29. The van der Waals surface area contributed by atoms with Gasteiger partial charge in [-0.25, -0.2) is 0 Å². The summed E-state index contributed by atoms with van der Waals surface area (Å²) in [7, 11) is 3.81. The first-order valence-electron chi connectivity index (χ1n) is 7.00. The second-order valence-electron chi connectivity index (χ2n) is 5.57. The number of fused-ring (bicyclic) bond motifs is 1. The average molecular weight is 304 g/mol. The van der Waals surface area contributed by atoms with Crippen LogP contribution in [0.25, 0.3) is 10.8 Å². The molecule has 0 aliphatic carbocycles. The molecule has 0 saturated heterocycles. The van der Waals surface area contributed by atoms with Gasteiger partial charge in [0.05, 0.1) is 16.9 Å². The van der Waals surface area contributed by atoms with Gasteiger partial charge in [-0.1, -0.05) is 30.3 Å². The van der Waals surface area contributed by atoms with Crippen molar-refractivity contribution in [2.75, 3.05) is 27.2 Å². The Morgan fingerprint density at radius 3 is 2.50 bits per heavy atom. The molecule has 0 spiro atoms. The molecule has 2 aromatic rings. The van der Waals surface area contributed by atoms with E-state index in [-0.39, 0.29) is 5.69 Å². The van der Waals surface area contributed by atoms with Gasteiger partial charge in [0.1, 0.15) is 0 Å². The summed E-state index contributed by atoms with van der Waals surface area (Å²) in [5.41, 5.74) is 0.362. The minimum absolute atomic E-state index is 0.0374. The fourth-order valence-electron chi connectivity index (χ4n) is 2.36. The monoisotopic (exact) mass is 304 g/mol. The molecule has 0 aliphatic heterocycles. The van der Waals surface area contributed by atoms with E-state index in [1.807, 2.05) is 19.0 Å². The van der Waals surface area contributed by atoms with Gasteiger partial charge in [-0.2, -0.15) is 0 Å². The first kappa shape index (κ1) is 16.4. The van der Waals surface area contributed by atoms with E-state index in [0.29, 0.717) is 29.5 Å². The van der Waals surface area contributed by atoms with Crippen molar-refractivity contribution in [3.8, 4) is 0 Å². The van der Waals surface area contributed by atoms with Gasteiger partial charge in [-0.15, -0.1) is 0 Å². The van der Waals surface area contributed by atoms with Crippen molar-refractivity contribution < 1.29 is 14.8 Å². The average Bonchev–Trinajstić information content (AvgIpc) is 2.45. The molecule has 0 fully saturated rings. The predicted octanol–water partition coefficient (Wildman–Crippen LogP) is 2.49. The van der Waals surface area contributed by atoms with Gasteiger partial charge in [0.2, 0.25) is 0 Å². The maximum atomic E-state index is 11.3. The molecular formula is C16H20N2O4. The highest BCUT2D eigenvalue weighted by molar-refractivity contribution is 5.94. The molecule has 2 aromatic carbocycles. The van der Waals surface area contributed by atoms with Crippen LogP contribution in [-0.4, -0.2) is 42.2 Å². The quantitative estimate of drug-likeness (QED) is 0.504. The minimum atomic E-state index is -1.60. The van der Waals surface area contributed by atoms with Crippen LogP contribution in [-0.2, 0) is 10.5 Å². The fourth-order valence-corrected chi connectivity index (χ4v) is 2.36. The van der Waals surface area contributed by atoms with Crippen molar-refractivity contribution in [2.45, 2.75) is 12.7 Å². The van der Waals surface area contributed by atoms with Crippen molar-refractivity contribution in [1.29, 1.82) is 0 Å². The number of nitro groups is 1. The second kappa shape index (κ2) is 6.39. The largest absolute Gasteiger partial charge is 0.362 e. The number of ether oxygens (including phenoxy) is 1. The predicted molar refractivity (Wildman–Crippen MR) is 84.7 cm³/mol. The molecule has 0 bridgehead atoms. The lowest BCUT2D eigenvalue weighted by molar-refractivity contribution is -0.383. The Morgan fingerprint density at radius 2 is 1.91 bits per heavy atom. The number of hydrogen-bond donors (Lipinski definition) is 1. The molecule has 0 aliphatic rings. The molecule has 1 unspecified atom stereocenters. The maximum absolute atomic E-state index is 11.3. The molecule has 6 nitrogen and oxygen atoms in total. The van der Waals surface area contributed by atoms with E-state index >= 15 is 0 Å². The second-order valence-corrected chi connectivity index (χ2v) is 5.57. The molecule has 6 heteroatoms. The Kier molecular flexibility index (Phi) is 4.75. The maximum Gasteiger partial charge on any atom is 0.277 e. The van der Waals surface area contributed by atoms with E-state index in [2.05, 4.69) is 0 Å². The van der Waals surface area contributed by atoms with Gasteiger partial charge >= 0.3 is 0 Å². The highest BCUT2D eigenvalue weighted by Gasteiger charge is 2.29. The third kappa shape index (κ3) is 3.41. The zero-order valence-corrected chi connectivity index (χ0v) is 12.9. The van der Waals surface area contributed by atoms with E-state index in [0.717, 1.165) is 0 Å². The van der Waals surface area contributed by atoms with E-state index in [4.69, 9.17) is 4.74 Å². The molecule has 0 saturated carbocycles. The molecule has 0 amide bonds. The molecule has 22 heavy (non-hydrogen) atoms. The molecule has 1 N–H and O–H groups in total. The molecule has 1 atom stereocenters. The topological polar surface area (TPSA) is 75.8 Å². The third-order valence-electron chi connectivity index (χ3n) is 3.50. The van der Waals surface area contributed by atoms with Crippen LogP contribution in [0.1, 0.15) is 12.5 Å². The van der Waals surface area contributed by atoms with Crippen LogP contribution in [0.3, 0.4) is 0 Å². The summed E-state index contributed by atoms with van der Waals surface area (Å²) < 4.78 is 5.56. The Labute approximate surface area is 129 Å². The summed E-state index contributed by atoms with van der Waals surface area (Å²) in [6.07, 6.45) is 0. The summed E-state index contributed by atoms with van der Waals surface area (Å²) in [4.78, 5) is 12.8. The van der Waals surface area contributed by atoms with Crippen LogP contribution in [0.2, 0.25) is 0 Å². The van der Waals surface area contributed by atoms with Gasteiger partial charge in [-0.3, -0.25) is 10.1 Å². The van der Waals surface area contributed by atoms with Gasteiger partial charge in [-0.05, 0) is 26.4 Å². The number of nitrogens with zero attached hydrogens (tertiary/aromatic N) is 2. The SMILES string of the molecule is CN(C)CCOC(C)(O)c1cccc2cccc([N+](=O)[O-])c12. The lowest BCUT2D eigenvalue weighted by atomic mass is 9.97. The number of hydrogen-bond acceptors (Lipinski definition) is 5. The first-order chi connectivity index (χ1) is 10.3. The summed E-state index contributed by atoms with van der Waals surface area (Å²) in [5, 5.41) is 23.0. The molecule has 0 heterocycles. The highest BCUT2D eigenvalue weighted by atomic mass is 16.6. The molecule has 2 rings (SSSR count). The smallest absolute Gasteiger partial charge is 0.277 e. The van der Waals surface area contributed by atoms with Gasteiger partial charge in [0, 0.05) is 18.2 Å². The summed E-state index contributed by atoms with van der Waals surface area (Å²) >= 11 is 0. The normalized spacial score (nSPS) is 14.2. The van der Waals surface area contributed by atoms with E-state index in [1.54, 1.807) is 30.3 Å². The van der Waals surface area contributed by atoms with Crippen molar-refractivity contribution in [2.24, 2.45) is 0 Å². The zero-order valence-electron chi connectivity index (χ0n) is 12.9. The summed E-state index contributed by atoms with van der Waals surface area (Å²) in [5.74, 6) is -1.60. The summed E-state index contributed by atoms with van der Waals surface area (Å²) in [6.45, 7) is 2.47. The van der Waals surface area contributed by atoms with E-state index in [1.165, 1.54) is 13.0 Å². The van der Waals surface area contributed by atoms with Crippen LogP contribution in [0, 0.1) is 10.1 Å². The number of rotatable bonds is 6. The lowest BCUT2D eigenvalue weighted by Gasteiger charge is -2.26. The van der Waals surface area contributed by atoms with Crippen molar-refractivity contribution in [1.82, 2.24) is 4.90 Å². The first-order valence-corrected chi connectivity index (χ1v) is 7.00. The number of benzene rings is 2. The fraction of sp³-hybridized carbons (Fsp3) is 0.375. The number of likely N-dealkylation sites (N-methyl/N-ethyl adjacent to an activating group) is 1. The van der Waals surface area contributed by atoms with Crippen LogP contribution in [0.4, 0.5) is 5.69 Å². The molecule has 0 aromatic heterocycles. The standard InChI is InChI=1S/C16H20N2O4/c1-16(19,22-11-10-17(2)3)13-8-4-6-12-7-5-9-14(15(12)13)18(20)21/h4-9,19H,10-11H2,1-3H3. The number of aliphatic hydroxyl groups is 1. The molecular weight excluding hydrogens is 284 g/mol. The number of non-ortho nitro benzene ring substituents is 1.